The fourth-order valence-electron chi connectivity index (χ4n) is 1.25. The highest BCUT2D eigenvalue weighted by Gasteiger charge is 2.18. The fourth-order valence-corrected chi connectivity index (χ4v) is 3.54. The Hall–Kier alpha value is 0.01000. The third-order valence-corrected chi connectivity index (χ3v) is 4.26. The number of thioether (sulfide) groups is 1. The summed E-state index contributed by atoms with van der Waals surface area (Å²) < 4.78 is 0. The van der Waals surface area contributed by atoms with E-state index in [0.29, 0.717) is 5.37 Å². The number of rotatable bonds is 1. The Balaban J connectivity index is 2.21. The second kappa shape index (κ2) is 3.17. The lowest BCUT2D eigenvalue weighted by Gasteiger charge is -2.07. The van der Waals surface area contributed by atoms with Gasteiger partial charge >= 0.3 is 0 Å². The summed E-state index contributed by atoms with van der Waals surface area (Å²) in [6, 6.07) is 2.19. The van der Waals surface area contributed by atoms with E-state index in [1.807, 2.05) is 23.1 Å². The van der Waals surface area contributed by atoms with Crippen LogP contribution in [0.1, 0.15) is 15.8 Å². The number of hydrogen-bond acceptors (Lipinski definition) is 3. The molecule has 0 radical (unpaired) electrons. The molecule has 0 spiro atoms. The molecule has 0 bridgehead atoms. The first kappa shape index (κ1) is 7.65. The van der Waals surface area contributed by atoms with E-state index < -0.39 is 0 Å². The van der Waals surface area contributed by atoms with Crippen molar-refractivity contribution in [3.05, 3.63) is 21.9 Å². The van der Waals surface area contributed by atoms with Crippen LogP contribution in [0.3, 0.4) is 0 Å². The lowest BCUT2D eigenvalue weighted by Crippen LogP contribution is -2.11. The van der Waals surface area contributed by atoms with Gasteiger partial charge in [-0.3, -0.25) is 0 Å². The predicted octanol–water partition coefficient (Wildman–Crippen LogP) is 2.39. The SMILES string of the molecule is Cc1ccsc1C1NCCS1. The van der Waals surface area contributed by atoms with E-state index >= 15 is 0 Å². The van der Waals surface area contributed by atoms with Crippen molar-refractivity contribution in [1.29, 1.82) is 0 Å². The van der Waals surface area contributed by atoms with Gasteiger partial charge < -0.3 is 5.32 Å². The molecule has 1 saturated heterocycles. The zero-order chi connectivity index (χ0) is 7.68. The predicted molar refractivity (Wildman–Crippen MR) is 52.3 cm³/mol. The van der Waals surface area contributed by atoms with Gasteiger partial charge in [0.2, 0.25) is 0 Å². The molecule has 11 heavy (non-hydrogen) atoms. The normalized spacial score (nSPS) is 24.3. The van der Waals surface area contributed by atoms with Gasteiger partial charge in [0.15, 0.2) is 0 Å². The zero-order valence-corrected chi connectivity index (χ0v) is 8.10. The average Bonchev–Trinajstić information content (AvgIpc) is 2.55. The molecule has 1 fully saturated rings. The number of nitrogens with one attached hydrogen (secondary N) is 1. The van der Waals surface area contributed by atoms with Gasteiger partial charge in [0.05, 0.1) is 5.37 Å². The minimum absolute atomic E-state index is 0.579. The third kappa shape index (κ3) is 1.45. The first-order chi connectivity index (χ1) is 5.38. The van der Waals surface area contributed by atoms with E-state index in [2.05, 4.69) is 23.7 Å². The van der Waals surface area contributed by atoms with Crippen molar-refractivity contribution in [2.75, 3.05) is 12.3 Å². The van der Waals surface area contributed by atoms with Crippen molar-refractivity contribution in [3.8, 4) is 0 Å². The third-order valence-electron chi connectivity index (χ3n) is 1.86. The van der Waals surface area contributed by atoms with E-state index in [9.17, 15) is 0 Å². The molecule has 3 heteroatoms. The minimum Gasteiger partial charge on any atom is -0.300 e. The molecule has 1 aliphatic heterocycles. The van der Waals surface area contributed by atoms with E-state index in [4.69, 9.17) is 0 Å². The Labute approximate surface area is 75.2 Å². The monoisotopic (exact) mass is 185 g/mol. The summed E-state index contributed by atoms with van der Waals surface area (Å²) in [7, 11) is 0. The lowest BCUT2D eigenvalue weighted by molar-refractivity contribution is 0.758. The highest BCUT2D eigenvalue weighted by atomic mass is 32.2. The van der Waals surface area contributed by atoms with Crippen molar-refractivity contribution in [3.63, 3.8) is 0 Å². The van der Waals surface area contributed by atoms with Gasteiger partial charge in [-0.1, -0.05) is 0 Å². The molecule has 2 heterocycles. The molecule has 0 saturated carbocycles. The molecule has 60 valence electrons. The minimum atomic E-state index is 0.579. The highest BCUT2D eigenvalue weighted by molar-refractivity contribution is 7.99. The van der Waals surface area contributed by atoms with Crippen LogP contribution in [0.25, 0.3) is 0 Å². The first-order valence-electron chi connectivity index (χ1n) is 3.77. The van der Waals surface area contributed by atoms with Crippen LogP contribution in [0.15, 0.2) is 11.4 Å². The van der Waals surface area contributed by atoms with E-state index in [1.165, 1.54) is 16.2 Å². The maximum absolute atomic E-state index is 3.47. The van der Waals surface area contributed by atoms with E-state index in [0.717, 1.165) is 6.54 Å². The van der Waals surface area contributed by atoms with Crippen LogP contribution in [0.5, 0.6) is 0 Å². The molecule has 0 aromatic carbocycles. The Morgan fingerprint density at radius 1 is 1.64 bits per heavy atom. The summed E-state index contributed by atoms with van der Waals surface area (Å²) in [5.74, 6) is 1.25. The molecular formula is C8H11NS2. The molecule has 1 aromatic heterocycles. The molecule has 1 N–H and O–H groups in total. The Bertz CT molecular complexity index is 238. The molecule has 1 aliphatic rings. The first-order valence-corrected chi connectivity index (χ1v) is 5.70. The molecule has 1 atom stereocenters. The standard InChI is InChI=1S/C8H11NS2/c1-6-2-4-10-7(6)8-9-3-5-11-8/h2,4,8-9H,3,5H2,1H3. The van der Waals surface area contributed by atoms with Crippen LogP contribution in [-0.2, 0) is 0 Å². The van der Waals surface area contributed by atoms with Gasteiger partial charge in [-0.15, -0.1) is 23.1 Å². The van der Waals surface area contributed by atoms with Gasteiger partial charge in [-0.2, -0.15) is 0 Å². The molecular weight excluding hydrogens is 174 g/mol. The van der Waals surface area contributed by atoms with Gasteiger partial charge in [0, 0.05) is 17.2 Å². The number of thiophene rings is 1. The van der Waals surface area contributed by atoms with Crippen LogP contribution in [0.2, 0.25) is 0 Å². The van der Waals surface area contributed by atoms with Gasteiger partial charge in [0.25, 0.3) is 0 Å². The van der Waals surface area contributed by atoms with Crippen LogP contribution in [0, 0.1) is 6.92 Å². The summed E-state index contributed by atoms with van der Waals surface area (Å²) in [5.41, 5.74) is 1.43. The second-order valence-electron chi connectivity index (χ2n) is 2.67. The van der Waals surface area contributed by atoms with Gasteiger partial charge in [0.1, 0.15) is 0 Å². The van der Waals surface area contributed by atoms with Crippen LogP contribution in [-0.4, -0.2) is 12.3 Å². The van der Waals surface area contributed by atoms with E-state index in [-0.39, 0.29) is 0 Å². The lowest BCUT2D eigenvalue weighted by atomic mass is 10.3. The van der Waals surface area contributed by atoms with Crippen molar-refractivity contribution in [1.82, 2.24) is 5.32 Å². The largest absolute Gasteiger partial charge is 0.300 e. The van der Waals surface area contributed by atoms with Gasteiger partial charge in [-0.25, -0.2) is 0 Å². The molecule has 0 amide bonds. The van der Waals surface area contributed by atoms with Crippen LogP contribution < -0.4 is 5.32 Å². The molecule has 1 nitrogen and oxygen atoms in total. The summed E-state index contributed by atoms with van der Waals surface area (Å²) in [6.07, 6.45) is 0. The average molecular weight is 185 g/mol. The summed E-state index contributed by atoms with van der Waals surface area (Å²) in [6.45, 7) is 3.35. The quantitative estimate of drug-likeness (QED) is 0.721. The number of aryl methyl sites for hydroxylation is 1. The van der Waals surface area contributed by atoms with Crippen LogP contribution >= 0.6 is 23.1 Å². The van der Waals surface area contributed by atoms with Gasteiger partial charge in [-0.05, 0) is 23.9 Å². The topological polar surface area (TPSA) is 12.0 Å². The molecule has 1 unspecified atom stereocenters. The zero-order valence-electron chi connectivity index (χ0n) is 6.46. The Morgan fingerprint density at radius 3 is 3.09 bits per heavy atom. The smallest absolute Gasteiger partial charge is 0.0886 e. The molecule has 0 aliphatic carbocycles. The summed E-state index contributed by atoms with van der Waals surface area (Å²) in [4.78, 5) is 1.51. The number of hydrogen-bond donors (Lipinski definition) is 1. The van der Waals surface area contributed by atoms with Crippen molar-refractivity contribution >= 4 is 23.1 Å². The van der Waals surface area contributed by atoms with Crippen molar-refractivity contribution < 1.29 is 0 Å². The Kier molecular flexibility index (Phi) is 2.20. The molecule has 1 aromatic rings. The summed E-state index contributed by atoms with van der Waals surface area (Å²) in [5, 5.41) is 6.22. The maximum atomic E-state index is 3.47. The second-order valence-corrected chi connectivity index (χ2v) is 4.83. The summed E-state index contributed by atoms with van der Waals surface area (Å²) >= 11 is 3.88. The van der Waals surface area contributed by atoms with Crippen LogP contribution in [0.4, 0.5) is 0 Å². The van der Waals surface area contributed by atoms with E-state index in [1.54, 1.807) is 0 Å². The molecule has 2 rings (SSSR count). The maximum Gasteiger partial charge on any atom is 0.0886 e. The fraction of sp³-hybridized carbons (Fsp3) is 0.500. The highest BCUT2D eigenvalue weighted by Crippen LogP contribution is 2.34. The van der Waals surface area contributed by atoms with Crippen molar-refractivity contribution in [2.45, 2.75) is 12.3 Å². The Morgan fingerprint density at radius 2 is 2.55 bits per heavy atom. The van der Waals surface area contributed by atoms with Crippen molar-refractivity contribution in [2.24, 2.45) is 0 Å².